The van der Waals surface area contributed by atoms with Crippen LogP contribution in [0.1, 0.15) is 24.6 Å². The Kier molecular flexibility index (Phi) is 3.53. The van der Waals surface area contributed by atoms with E-state index in [2.05, 4.69) is 16.8 Å². The highest BCUT2D eigenvalue weighted by Gasteiger charge is 2.41. The van der Waals surface area contributed by atoms with Gasteiger partial charge in [0.25, 0.3) is 0 Å². The molecule has 4 rings (SSSR count). The number of ether oxygens (including phenoxy) is 1. The molecule has 1 aliphatic carbocycles. The van der Waals surface area contributed by atoms with Crippen molar-refractivity contribution in [3.05, 3.63) is 35.8 Å². The van der Waals surface area contributed by atoms with Gasteiger partial charge in [-0.15, -0.1) is 0 Å². The number of aromatic nitrogens is 3. The molecule has 1 aliphatic heterocycles. The number of hydrogen-bond donors (Lipinski definition) is 0. The summed E-state index contributed by atoms with van der Waals surface area (Å²) >= 11 is 0. The van der Waals surface area contributed by atoms with Gasteiger partial charge in [0.2, 0.25) is 0 Å². The summed E-state index contributed by atoms with van der Waals surface area (Å²) in [7, 11) is 1.77. The molecular weight excluding hydrogens is 288 g/mol. The fraction of sp³-hybridized carbons (Fsp3) is 0.500. The largest absolute Gasteiger partial charge is 0.384 e. The molecule has 5 nitrogen and oxygen atoms in total. The van der Waals surface area contributed by atoms with E-state index in [4.69, 9.17) is 14.7 Å². The Bertz CT molecular complexity index is 710. The standard InChI is InChI=1S/C18H22N4O/c1-18(12-23-2)10-22(11-18)17-14-6-3-7-15(14)20-16(21-17)13-5-4-8-19-9-13/h4-5,8-9H,3,6-7,10-12H2,1-2H3. The minimum Gasteiger partial charge on any atom is -0.384 e. The van der Waals surface area contributed by atoms with Gasteiger partial charge in [0.05, 0.1) is 6.61 Å². The summed E-state index contributed by atoms with van der Waals surface area (Å²) in [6.07, 6.45) is 6.95. The molecule has 0 radical (unpaired) electrons. The minimum atomic E-state index is 0.236. The Morgan fingerprint density at radius 3 is 2.87 bits per heavy atom. The molecule has 0 N–H and O–H groups in total. The zero-order valence-corrected chi connectivity index (χ0v) is 13.7. The molecule has 0 atom stereocenters. The first-order valence-corrected chi connectivity index (χ1v) is 8.23. The second-order valence-corrected chi connectivity index (χ2v) is 6.99. The molecule has 1 fully saturated rings. The molecule has 0 spiro atoms. The number of rotatable bonds is 4. The fourth-order valence-electron chi connectivity index (χ4n) is 3.76. The summed E-state index contributed by atoms with van der Waals surface area (Å²) in [5.74, 6) is 1.93. The van der Waals surface area contributed by atoms with Gasteiger partial charge in [-0.1, -0.05) is 6.92 Å². The number of fused-ring (bicyclic) bond motifs is 1. The van der Waals surface area contributed by atoms with Crippen LogP contribution in [0.4, 0.5) is 5.82 Å². The Labute approximate surface area is 136 Å². The van der Waals surface area contributed by atoms with Crippen molar-refractivity contribution in [2.45, 2.75) is 26.2 Å². The number of methoxy groups -OCH3 is 1. The van der Waals surface area contributed by atoms with E-state index in [-0.39, 0.29) is 5.41 Å². The molecule has 1 saturated heterocycles. The van der Waals surface area contributed by atoms with Gasteiger partial charge < -0.3 is 9.64 Å². The topological polar surface area (TPSA) is 51.1 Å². The molecule has 0 aromatic carbocycles. The first kappa shape index (κ1) is 14.6. The third kappa shape index (κ3) is 2.59. The van der Waals surface area contributed by atoms with Crippen molar-refractivity contribution >= 4 is 5.82 Å². The van der Waals surface area contributed by atoms with Gasteiger partial charge in [-0.2, -0.15) is 0 Å². The highest BCUT2D eigenvalue weighted by atomic mass is 16.5. The lowest BCUT2D eigenvalue weighted by Crippen LogP contribution is -2.57. The van der Waals surface area contributed by atoms with Crippen molar-refractivity contribution in [2.24, 2.45) is 5.41 Å². The molecule has 0 unspecified atom stereocenters. The Hall–Kier alpha value is -2.01. The molecule has 2 aliphatic rings. The molecule has 23 heavy (non-hydrogen) atoms. The Morgan fingerprint density at radius 2 is 2.13 bits per heavy atom. The van der Waals surface area contributed by atoms with Crippen molar-refractivity contribution in [3.63, 3.8) is 0 Å². The summed E-state index contributed by atoms with van der Waals surface area (Å²) in [5, 5.41) is 0. The maximum absolute atomic E-state index is 5.35. The first-order valence-electron chi connectivity index (χ1n) is 8.23. The highest BCUT2D eigenvalue weighted by molar-refractivity contribution is 5.61. The van der Waals surface area contributed by atoms with Gasteiger partial charge in [-0.05, 0) is 31.4 Å². The average Bonchev–Trinajstić information content (AvgIpc) is 3.01. The maximum atomic E-state index is 5.35. The molecular formula is C18H22N4O. The number of aryl methyl sites for hydroxylation is 1. The molecule has 3 heterocycles. The normalized spacial score (nSPS) is 18.6. The van der Waals surface area contributed by atoms with Gasteiger partial charge >= 0.3 is 0 Å². The van der Waals surface area contributed by atoms with Gasteiger partial charge in [-0.3, -0.25) is 4.98 Å². The molecule has 0 saturated carbocycles. The monoisotopic (exact) mass is 310 g/mol. The molecule has 2 aromatic heterocycles. The SMILES string of the molecule is COCC1(C)CN(c2nc(-c3cccnc3)nc3c2CCC3)C1. The number of anilines is 1. The van der Waals surface area contributed by atoms with Crippen LogP contribution in [0.2, 0.25) is 0 Å². The molecule has 0 bridgehead atoms. The predicted octanol–water partition coefficient (Wildman–Crippen LogP) is 2.50. The summed E-state index contributed by atoms with van der Waals surface area (Å²) < 4.78 is 5.35. The zero-order chi connectivity index (χ0) is 15.9. The zero-order valence-electron chi connectivity index (χ0n) is 13.7. The summed E-state index contributed by atoms with van der Waals surface area (Å²) in [6, 6.07) is 3.96. The second-order valence-electron chi connectivity index (χ2n) is 6.99. The maximum Gasteiger partial charge on any atom is 0.163 e. The molecule has 2 aromatic rings. The van der Waals surface area contributed by atoms with Gasteiger partial charge in [0, 0.05) is 54.8 Å². The Morgan fingerprint density at radius 1 is 1.26 bits per heavy atom. The van der Waals surface area contributed by atoms with Crippen LogP contribution in [0.5, 0.6) is 0 Å². The van der Waals surface area contributed by atoms with Crippen molar-refractivity contribution in [1.82, 2.24) is 15.0 Å². The summed E-state index contributed by atoms with van der Waals surface area (Å²) in [5.41, 5.74) is 3.79. The van der Waals surface area contributed by atoms with Crippen LogP contribution >= 0.6 is 0 Å². The van der Waals surface area contributed by atoms with E-state index in [0.717, 1.165) is 49.7 Å². The van der Waals surface area contributed by atoms with Gasteiger partial charge in [0.1, 0.15) is 5.82 Å². The van der Waals surface area contributed by atoms with E-state index >= 15 is 0 Å². The number of nitrogens with zero attached hydrogens (tertiary/aromatic N) is 4. The molecule has 0 amide bonds. The van der Waals surface area contributed by atoms with Crippen molar-refractivity contribution in [3.8, 4) is 11.4 Å². The van der Waals surface area contributed by atoms with E-state index in [1.165, 1.54) is 17.7 Å². The van der Waals surface area contributed by atoms with Gasteiger partial charge in [0.15, 0.2) is 5.82 Å². The van der Waals surface area contributed by atoms with E-state index in [0.29, 0.717) is 0 Å². The fourth-order valence-corrected chi connectivity index (χ4v) is 3.76. The quantitative estimate of drug-likeness (QED) is 0.868. The average molecular weight is 310 g/mol. The van der Waals surface area contributed by atoms with E-state index < -0.39 is 0 Å². The highest BCUT2D eigenvalue weighted by Crippen LogP contribution is 2.38. The summed E-state index contributed by atoms with van der Waals surface area (Å²) in [4.78, 5) is 16.3. The second kappa shape index (κ2) is 5.57. The van der Waals surface area contributed by atoms with Crippen LogP contribution in [0.25, 0.3) is 11.4 Å². The van der Waals surface area contributed by atoms with Crippen molar-refractivity contribution in [2.75, 3.05) is 31.7 Å². The number of hydrogen-bond acceptors (Lipinski definition) is 5. The molecule has 5 heteroatoms. The van der Waals surface area contributed by atoms with Crippen molar-refractivity contribution in [1.29, 1.82) is 0 Å². The van der Waals surface area contributed by atoms with Crippen LogP contribution in [-0.2, 0) is 17.6 Å². The lowest BCUT2D eigenvalue weighted by Gasteiger charge is -2.48. The van der Waals surface area contributed by atoms with Crippen LogP contribution < -0.4 is 4.90 Å². The van der Waals surface area contributed by atoms with Crippen LogP contribution in [-0.4, -0.2) is 41.8 Å². The van der Waals surface area contributed by atoms with Crippen LogP contribution in [0.15, 0.2) is 24.5 Å². The smallest absolute Gasteiger partial charge is 0.163 e. The third-order valence-corrected chi connectivity index (χ3v) is 4.77. The van der Waals surface area contributed by atoms with Crippen LogP contribution in [0, 0.1) is 5.41 Å². The minimum absolute atomic E-state index is 0.236. The van der Waals surface area contributed by atoms with E-state index in [1.54, 1.807) is 13.3 Å². The van der Waals surface area contributed by atoms with E-state index in [9.17, 15) is 0 Å². The molecule has 120 valence electrons. The van der Waals surface area contributed by atoms with Crippen LogP contribution in [0.3, 0.4) is 0 Å². The summed E-state index contributed by atoms with van der Waals surface area (Å²) in [6.45, 7) is 5.07. The third-order valence-electron chi connectivity index (χ3n) is 4.77. The van der Waals surface area contributed by atoms with Gasteiger partial charge in [-0.25, -0.2) is 9.97 Å². The number of pyridine rings is 1. The lowest BCUT2D eigenvalue weighted by molar-refractivity contribution is 0.0696. The first-order chi connectivity index (χ1) is 11.2. The van der Waals surface area contributed by atoms with Crippen molar-refractivity contribution < 1.29 is 4.74 Å². The lowest BCUT2D eigenvalue weighted by atomic mass is 9.82. The van der Waals surface area contributed by atoms with E-state index in [1.807, 2.05) is 18.3 Å². The predicted molar refractivity (Wildman–Crippen MR) is 89.5 cm³/mol. The Balaban J connectivity index is 1.69.